The first-order chi connectivity index (χ1) is 11.1. The number of carbonyl (C=O) groups is 1. The number of nitrogens with one attached hydrogen (secondary N) is 2. The summed E-state index contributed by atoms with van der Waals surface area (Å²) in [6.45, 7) is 2.02. The van der Waals surface area contributed by atoms with Crippen LogP contribution in [0.4, 0.5) is 0 Å². The zero-order valence-electron chi connectivity index (χ0n) is 12.2. The number of aromatic amines is 1. The number of aromatic nitrogens is 2. The topological polar surface area (TPSA) is 70.1 Å². The van der Waals surface area contributed by atoms with Gasteiger partial charge in [-0.15, -0.1) is 11.3 Å². The van der Waals surface area contributed by atoms with Crippen molar-refractivity contribution in [2.75, 3.05) is 0 Å². The van der Waals surface area contributed by atoms with Gasteiger partial charge in [-0.25, -0.2) is 5.43 Å². The predicted octanol–water partition coefficient (Wildman–Crippen LogP) is 3.97. The second kappa shape index (κ2) is 6.89. The van der Waals surface area contributed by atoms with Gasteiger partial charge in [-0.3, -0.25) is 9.89 Å². The molecule has 5 nitrogen and oxygen atoms in total. The second-order valence-corrected chi connectivity index (χ2v) is 7.34. The molecule has 0 saturated carbocycles. The monoisotopic (exact) mass is 388 g/mol. The van der Waals surface area contributed by atoms with Gasteiger partial charge in [0.25, 0.3) is 5.91 Å². The van der Waals surface area contributed by atoms with Crippen molar-refractivity contribution < 1.29 is 4.79 Å². The Morgan fingerprint density at radius 1 is 1.30 bits per heavy atom. The first-order valence-corrected chi connectivity index (χ1v) is 8.44. The van der Waals surface area contributed by atoms with Crippen LogP contribution in [0.15, 0.2) is 51.4 Å². The minimum Gasteiger partial charge on any atom is -0.276 e. The number of H-pyrrole nitrogens is 1. The molecule has 0 aliphatic heterocycles. The Kier molecular flexibility index (Phi) is 4.68. The maximum atomic E-state index is 12.0. The second-order valence-electron chi connectivity index (χ2n) is 4.88. The van der Waals surface area contributed by atoms with Crippen LogP contribution in [0.2, 0.25) is 0 Å². The van der Waals surface area contributed by atoms with E-state index >= 15 is 0 Å². The first-order valence-electron chi connectivity index (χ1n) is 6.83. The first kappa shape index (κ1) is 15.6. The Balaban J connectivity index is 1.64. The van der Waals surface area contributed by atoms with Crippen LogP contribution >= 0.6 is 27.3 Å². The molecule has 1 amide bonds. The molecule has 7 heteroatoms. The van der Waals surface area contributed by atoms with Gasteiger partial charge in [0.15, 0.2) is 5.69 Å². The molecule has 0 unspecified atom stereocenters. The summed E-state index contributed by atoms with van der Waals surface area (Å²) in [5.41, 5.74) is 5.67. The summed E-state index contributed by atoms with van der Waals surface area (Å²) in [5, 5.41) is 10.8. The molecule has 0 bridgehead atoms. The summed E-state index contributed by atoms with van der Waals surface area (Å²) in [6, 6.07) is 13.5. The SMILES string of the molecule is Cc1ccc(/C=N/NC(=O)c2cc(-c3ccc(Br)s3)[nH]n2)cc1. The molecule has 116 valence electrons. The summed E-state index contributed by atoms with van der Waals surface area (Å²) in [5.74, 6) is -0.355. The van der Waals surface area contributed by atoms with E-state index in [2.05, 4.69) is 36.7 Å². The zero-order chi connectivity index (χ0) is 16.2. The molecule has 2 heterocycles. The van der Waals surface area contributed by atoms with Gasteiger partial charge in [0, 0.05) is 0 Å². The molecular weight excluding hydrogens is 376 g/mol. The Labute approximate surface area is 145 Å². The number of hydrazone groups is 1. The molecule has 2 aromatic heterocycles. The van der Waals surface area contributed by atoms with Crippen LogP contribution in [0, 0.1) is 6.92 Å². The van der Waals surface area contributed by atoms with Crippen molar-refractivity contribution in [1.29, 1.82) is 0 Å². The van der Waals surface area contributed by atoms with Gasteiger partial charge in [-0.1, -0.05) is 29.8 Å². The minimum atomic E-state index is -0.355. The number of thiophene rings is 1. The lowest BCUT2D eigenvalue weighted by atomic mass is 10.2. The number of aryl methyl sites for hydroxylation is 1. The molecular formula is C16H13BrN4OS. The third-order valence-corrected chi connectivity index (χ3v) is 4.76. The summed E-state index contributed by atoms with van der Waals surface area (Å²) in [6.07, 6.45) is 1.60. The largest absolute Gasteiger partial charge is 0.291 e. The summed E-state index contributed by atoms with van der Waals surface area (Å²) in [4.78, 5) is 13.0. The average Bonchev–Trinajstić information content (AvgIpc) is 3.18. The van der Waals surface area contributed by atoms with Crippen LogP contribution in [0.25, 0.3) is 10.6 Å². The minimum absolute atomic E-state index is 0.297. The van der Waals surface area contributed by atoms with E-state index in [4.69, 9.17) is 0 Å². The molecule has 0 aliphatic carbocycles. The van der Waals surface area contributed by atoms with Crippen LogP contribution in [0.3, 0.4) is 0 Å². The molecule has 0 fully saturated rings. The maximum Gasteiger partial charge on any atom is 0.291 e. The quantitative estimate of drug-likeness (QED) is 0.524. The van der Waals surface area contributed by atoms with Crippen molar-refractivity contribution >= 4 is 39.4 Å². The molecule has 23 heavy (non-hydrogen) atoms. The van der Waals surface area contributed by atoms with E-state index in [0.717, 1.165) is 19.9 Å². The molecule has 0 saturated heterocycles. The molecule has 0 aliphatic rings. The fraction of sp³-hybridized carbons (Fsp3) is 0.0625. The fourth-order valence-electron chi connectivity index (χ4n) is 1.90. The van der Waals surface area contributed by atoms with Gasteiger partial charge in [0.2, 0.25) is 0 Å². The van der Waals surface area contributed by atoms with Crippen molar-refractivity contribution in [2.24, 2.45) is 5.10 Å². The van der Waals surface area contributed by atoms with Gasteiger partial charge in [-0.2, -0.15) is 10.2 Å². The number of rotatable bonds is 4. The van der Waals surface area contributed by atoms with Crippen LogP contribution in [-0.2, 0) is 0 Å². The van der Waals surface area contributed by atoms with Crippen LogP contribution in [0.1, 0.15) is 21.6 Å². The number of carbonyl (C=O) groups excluding carboxylic acids is 1. The molecule has 0 spiro atoms. The number of hydrogen-bond acceptors (Lipinski definition) is 4. The summed E-state index contributed by atoms with van der Waals surface area (Å²) in [7, 11) is 0. The molecule has 0 radical (unpaired) electrons. The van der Waals surface area contributed by atoms with Gasteiger partial charge >= 0.3 is 0 Å². The highest BCUT2D eigenvalue weighted by atomic mass is 79.9. The van der Waals surface area contributed by atoms with Crippen LogP contribution < -0.4 is 5.43 Å². The van der Waals surface area contributed by atoms with E-state index in [1.807, 2.05) is 43.3 Å². The lowest BCUT2D eigenvalue weighted by Crippen LogP contribution is -2.17. The Morgan fingerprint density at radius 3 is 2.78 bits per heavy atom. The predicted molar refractivity (Wildman–Crippen MR) is 95.8 cm³/mol. The van der Waals surface area contributed by atoms with Gasteiger partial charge in [0.05, 0.1) is 20.6 Å². The van der Waals surface area contributed by atoms with Crippen molar-refractivity contribution in [3.05, 3.63) is 63.1 Å². The summed E-state index contributed by atoms with van der Waals surface area (Å²) >= 11 is 4.98. The lowest BCUT2D eigenvalue weighted by molar-refractivity contribution is 0.0950. The molecule has 1 aromatic carbocycles. The summed E-state index contributed by atoms with van der Waals surface area (Å²) < 4.78 is 1.02. The van der Waals surface area contributed by atoms with Crippen molar-refractivity contribution in [3.8, 4) is 10.6 Å². The fourth-order valence-corrected chi connectivity index (χ4v) is 3.25. The van der Waals surface area contributed by atoms with Gasteiger partial charge in [-0.05, 0) is 46.6 Å². The Bertz CT molecular complexity index is 851. The molecule has 3 rings (SSSR count). The van der Waals surface area contributed by atoms with E-state index in [1.165, 1.54) is 5.56 Å². The van der Waals surface area contributed by atoms with Crippen molar-refractivity contribution in [2.45, 2.75) is 6.92 Å². The highest BCUT2D eigenvalue weighted by molar-refractivity contribution is 9.11. The number of hydrogen-bond donors (Lipinski definition) is 2. The smallest absolute Gasteiger partial charge is 0.276 e. The van der Waals surface area contributed by atoms with E-state index < -0.39 is 0 Å². The molecule has 2 N–H and O–H groups in total. The normalized spacial score (nSPS) is 11.0. The number of amides is 1. The zero-order valence-corrected chi connectivity index (χ0v) is 14.6. The number of benzene rings is 1. The third-order valence-electron chi connectivity index (χ3n) is 3.11. The van der Waals surface area contributed by atoms with E-state index in [-0.39, 0.29) is 5.91 Å². The van der Waals surface area contributed by atoms with Crippen molar-refractivity contribution in [1.82, 2.24) is 15.6 Å². The van der Waals surface area contributed by atoms with Gasteiger partial charge in [0.1, 0.15) is 0 Å². The third kappa shape index (κ3) is 3.94. The lowest BCUT2D eigenvalue weighted by Gasteiger charge is -1.96. The van der Waals surface area contributed by atoms with E-state index in [0.29, 0.717) is 5.69 Å². The molecule has 3 aromatic rings. The van der Waals surface area contributed by atoms with E-state index in [9.17, 15) is 4.79 Å². The Morgan fingerprint density at radius 2 is 2.09 bits per heavy atom. The standard InChI is InChI=1S/C16H13BrN4OS/c1-10-2-4-11(5-3-10)9-18-21-16(22)13-8-12(19-20-13)14-6-7-15(17)23-14/h2-9H,1H3,(H,19,20)(H,21,22)/b18-9+. The van der Waals surface area contributed by atoms with E-state index in [1.54, 1.807) is 23.6 Å². The number of halogens is 1. The average molecular weight is 389 g/mol. The van der Waals surface area contributed by atoms with Crippen LogP contribution in [0.5, 0.6) is 0 Å². The highest BCUT2D eigenvalue weighted by Crippen LogP contribution is 2.30. The Hall–Kier alpha value is -2.25. The van der Waals surface area contributed by atoms with Gasteiger partial charge < -0.3 is 0 Å². The molecule has 0 atom stereocenters. The van der Waals surface area contributed by atoms with Crippen molar-refractivity contribution in [3.63, 3.8) is 0 Å². The van der Waals surface area contributed by atoms with Crippen LogP contribution in [-0.4, -0.2) is 22.3 Å². The number of nitrogens with zero attached hydrogens (tertiary/aromatic N) is 2. The maximum absolute atomic E-state index is 12.0. The highest BCUT2D eigenvalue weighted by Gasteiger charge is 2.11.